The van der Waals surface area contributed by atoms with Gasteiger partial charge < -0.3 is 15.5 Å². The van der Waals surface area contributed by atoms with E-state index in [2.05, 4.69) is 10.6 Å². The Morgan fingerprint density at radius 2 is 2.22 bits per heavy atom. The molecule has 1 aliphatic heterocycles. The fraction of sp³-hybridized carbons (Fsp3) is 0.462. The number of benzene rings is 1. The van der Waals surface area contributed by atoms with E-state index in [0.29, 0.717) is 0 Å². The van der Waals surface area contributed by atoms with E-state index in [1.807, 2.05) is 31.3 Å². The minimum Gasteiger partial charge on any atom is -0.388 e. The second-order valence-electron chi connectivity index (χ2n) is 4.01. The van der Waals surface area contributed by atoms with Crippen LogP contribution in [0.25, 0.3) is 0 Å². The molecule has 18 heavy (non-hydrogen) atoms. The van der Waals surface area contributed by atoms with Gasteiger partial charge in [0.25, 0.3) is 0 Å². The SMILES string of the molecule is CNc1cccc(Cl)c1.O=CN1CCCNCC1. The molecule has 0 atom stereocenters. The second-order valence-corrected chi connectivity index (χ2v) is 4.44. The van der Waals surface area contributed by atoms with Crippen LogP contribution < -0.4 is 10.6 Å². The molecule has 1 aromatic rings. The van der Waals surface area contributed by atoms with Crippen molar-refractivity contribution in [3.63, 3.8) is 0 Å². The average molecular weight is 270 g/mol. The number of hydrogen-bond acceptors (Lipinski definition) is 3. The first-order valence-electron chi connectivity index (χ1n) is 6.09. The second kappa shape index (κ2) is 8.78. The van der Waals surface area contributed by atoms with Crippen LogP contribution in [-0.2, 0) is 4.79 Å². The van der Waals surface area contributed by atoms with Crippen LogP contribution in [0.4, 0.5) is 5.69 Å². The molecule has 5 heteroatoms. The largest absolute Gasteiger partial charge is 0.388 e. The highest BCUT2D eigenvalue weighted by Crippen LogP contribution is 2.13. The molecule has 100 valence electrons. The van der Waals surface area contributed by atoms with Gasteiger partial charge in [-0.2, -0.15) is 0 Å². The number of carbonyl (C=O) groups excluding carboxylic acids is 1. The summed E-state index contributed by atoms with van der Waals surface area (Å²) >= 11 is 5.68. The molecule has 1 aliphatic rings. The van der Waals surface area contributed by atoms with Crippen molar-refractivity contribution in [2.45, 2.75) is 6.42 Å². The summed E-state index contributed by atoms with van der Waals surface area (Å²) in [6.45, 7) is 3.77. The predicted molar refractivity (Wildman–Crippen MR) is 76.1 cm³/mol. The zero-order chi connectivity index (χ0) is 13.2. The fourth-order valence-electron chi connectivity index (χ4n) is 1.62. The summed E-state index contributed by atoms with van der Waals surface area (Å²) in [5, 5.41) is 6.96. The molecule has 1 heterocycles. The van der Waals surface area contributed by atoms with E-state index in [0.717, 1.165) is 49.7 Å². The van der Waals surface area contributed by atoms with Crippen LogP contribution in [-0.4, -0.2) is 44.5 Å². The highest BCUT2D eigenvalue weighted by atomic mass is 35.5. The molecule has 1 saturated heterocycles. The van der Waals surface area contributed by atoms with Gasteiger partial charge in [0.05, 0.1) is 0 Å². The van der Waals surface area contributed by atoms with Gasteiger partial charge >= 0.3 is 0 Å². The highest BCUT2D eigenvalue weighted by Gasteiger charge is 2.03. The number of carbonyl (C=O) groups is 1. The molecular weight excluding hydrogens is 250 g/mol. The number of amides is 1. The normalized spacial score (nSPS) is 15.1. The topological polar surface area (TPSA) is 44.4 Å². The van der Waals surface area contributed by atoms with Crippen molar-refractivity contribution >= 4 is 23.7 Å². The summed E-state index contributed by atoms with van der Waals surface area (Å²) in [6, 6.07) is 7.60. The quantitative estimate of drug-likeness (QED) is 0.805. The van der Waals surface area contributed by atoms with Gasteiger partial charge in [0.15, 0.2) is 0 Å². The van der Waals surface area contributed by atoms with Crippen molar-refractivity contribution in [2.24, 2.45) is 0 Å². The summed E-state index contributed by atoms with van der Waals surface area (Å²) in [4.78, 5) is 12.0. The van der Waals surface area contributed by atoms with E-state index in [9.17, 15) is 4.79 Å². The third-order valence-corrected chi connectivity index (χ3v) is 2.87. The molecule has 0 saturated carbocycles. The van der Waals surface area contributed by atoms with Crippen molar-refractivity contribution in [3.8, 4) is 0 Å². The molecule has 0 aliphatic carbocycles. The highest BCUT2D eigenvalue weighted by molar-refractivity contribution is 6.30. The van der Waals surface area contributed by atoms with Crippen molar-refractivity contribution in [1.82, 2.24) is 10.2 Å². The molecule has 2 N–H and O–H groups in total. The molecular formula is C13H20ClN3O. The Balaban J connectivity index is 0.000000180. The summed E-state index contributed by atoms with van der Waals surface area (Å²) in [7, 11) is 1.87. The number of rotatable bonds is 2. The average Bonchev–Trinajstić information content (AvgIpc) is 2.68. The maximum absolute atomic E-state index is 10.2. The van der Waals surface area contributed by atoms with Gasteiger partial charge in [-0.3, -0.25) is 4.79 Å². The number of anilines is 1. The van der Waals surface area contributed by atoms with E-state index in [-0.39, 0.29) is 0 Å². The van der Waals surface area contributed by atoms with Gasteiger partial charge in [-0.05, 0) is 31.2 Å². The third kappa shape index (κ3) is 5.89. The Labute approximate surface area is 113 Å². The lowest BCUT2D eigenvalue weighted by molar-refractivity contribution is -0.117. The summed E-state index contributed by atoms with van der Waals surface area (Å²) < 4.78 is 0. The van der Waals surface area contributed by atoms with Crippen molar-refractivity contribution < 1.29 is 4.79 Å². The standard InChI is InChI=1S/C7H8ClN.C6H12N2O/c1-9-7-4-2-3-6(8)5-7;9-6-8-4-1-2-7-3-5-8/h2-5,9H,1H3;6-7H,1-5H2. The maximum Gasteiger partial charge on any atom is 0.209 e. The molecule has 0 spiro atoms. The van der Waals surface area contributed by atoms with Crippen LogP contribution in [0.15, 0.2) is 24.3 Å². The zero-order valence-corrected chi connectivity index (χ0v) is 11.4. The van der Waals surface area contributed by atoms with Crippen LogP contribution in [0.3, 0.4) is 0 Å². The molecule has 4 nitrogen and oxygen atoms in total. The number of halogens is 1. The van der Waals surface area contributed by atoms with E-state index < -0.39 is 0 Å². The smallest absolute Gasteiger partial charge is 0.209 e. The lowest BCUT2D eigenvalue weighted by Gasteiger charge is -2.11. The summed E-state index contributed by atoms with van der Waals surface area (Å²) in [6.07, 6.45) is 2.01. The first kappa shape index (κ1) is 14.8. The van der Waals surface area contributed by atoms with Gasteiger partial charge in [-0.1, -0.05) is 17.7 Å². The Morgan fingerprint density at radius 1 is 1.39 bits per heavy atom. The molecule has 0 aromatic heterocycles. The zero-order valence-electron chi connectivity index (χ0n) is 10.7. The van der Waals surface area contributed by atoms with E-state index in [1.54, 1.807) is 4.90 Å². The van der Waals surface area contributed by atoms with Crippen molar-refractivity contribution in [3.05, 3.63) is 29.3 Å². The van der Waals surface area contributed by atoms with Crippen LogP contribution in [0, 0.1) is 0 Å². The van der Waals surface area contributed by atoms with Crippen LogP contribution >= 0.6 is 11.6 Å². The predicted octanol–water partition coefficient (Wildman–Crippen LogP) is 1.82. The van der Waals surface area contributed by atoms with Gasteiger partial charge in [-0.25, -0.2) is 0 Å². The molecule has 0 radical (unpaired) electrons. The van der Waals surface area contributed by atoms with Gasteiger partial charge in [-0.15, -0.1) is 0 Å². The molecule has 1 fully saturated rings. The van der Waals surface area contributed by atoms with Gasteiger partial charge in [0.2, 0.25) is 6.41 Å². The van der Waals surface area contributed by atoms with E-state index in [4.69, 9.17) is 11.6 Å². The minimum atomic E-state index is 0.766. The first-order valence-corrected chi connectivity index (χ1v) is 6.47. The van der Waals surface area contributed by atoms with Crippen LogP contribution in [0.5, 0.6) is 0 Å². The fourth-order valence-corrected chi connectivity index (χ4v) is 1.81. The molecule has 0 unspecified atom stereocenters. The van der Waals surface area contributed by atoms with Gasteiger partial charge in [0, 0.05) is 37.4 Å². The van der Waals surface area contributed by atoms with Crippen molar-refractivity contribution in [1.29, 1.82) is 0 Å². The van der Waals surface area contributed by atoms with Gasteiger partial charge in [0.1, 0.15) is 0 Å². The summed E-state index contributed by atoms with van der Waals surface area (Å²) in [5.74, 6) is 0. The number of nitrogens with one attached hydrogen (secondary N) is 2. The van der Waals surface area contributed by atoms with E-state index >= 15 is 0 Å². The third-order valence-electron chi connectivity index (χ3n) is 2.64. The number of nitrogens with zero attached hydrogens (tertiary/aromatic N) is 1. The van der Waals surface area contributed by atoms with Crippen molar-refractivity contribution in [2.75, 3.05) is 38.5 Å². The molecule has 0 bridgehead atoms. The van der Waals surface area contributed by atoms with Crippen LogP contribution in [0.1, 0.15) is 6.42 Å². The van der Waals surface area contributed by atoms with Crippen LogP contribution in [0.2, 0.25) is 5.02 Å². The minimum absolute atomic E-state index is 0.766. The Hall–Kier alpha value is -1.26. The Morgan fingerprint density at radius 3 is 2.83 bits per heavy atom. The molecule has 2 rings (SSSR count). The summed E-state index contributed by atoms with van der Waals surface area (Å²) in [5.41, 5.74) is 1.04. The monoisotopic (exact) mass is 269 g/mol. The molecule has 1 amide bonds. The lowest BCUT2D eigenvalue weighted by Crippen LogP contribution is -2.26. The molecule has 1 aromatic carbocycles. The maximum atomic E-state index is 10.2. The van der Waals surface area contributed by atoms with E-state index in [1.165, 1.54) is 0 Å². The Kier molecular flexibility index (Phi) is 7.22. The lowest BCUT2D eigenvalue weighted by atomic mass is 10.3. The first-order chi connectivity index (χ1) is 8.76. The number of hydrogen-bond donors (Lipinski definition) is 2. The Bertz CT molecular complexity index is 352.